The molecule has 4 aliphatic carbocycles. The monoisotopic (exact) mass is 302 g/mol. The Kier molecular flexibility index (Phi) is 2.89. The van der Waals surface area contributed by atoms with Gasteiger partial charge in [0.25, 0.3) is 0 Å². The van der Waals surface area contributed by atoms with Gasteiger partial charge < -0.3 is 5.11 Å². The zero-order chi connectivity index (χ0) is 15.9. The minimum atomic E-state index is -0.283. The summed E-state index contributed by atoms with van der Waals surface area (Å²) in [7, 11) is 0. The van der Waals surface area contributed by atoms with Crippen LogP contribution in [-0.4, -0.2) is 17.0 Å². The van der Waals surface area contributed by atoms with Crippen molar-refractivity contribution in [3.63, 3.8) is 0 Å². The van der Waals surface area contributed by atoms with Crippen LogP contribution in [0.1, 0.15) is 66.2 Å². The molecule has 122 valence electrons. The maximum absolute atomic E-state index is 12.6. The largest absolute Gasteiger partial charge is 0.392 e. The molecule has 0 unspecified atom stereocenters. The van der Waals surface area contributed by atoms with Gasteiger partial charge in [-0.05, 0) is 67.3 Å². The van der Waals surface area contributed by atoms with Crippen molar-refractivity contribution < 1.29 is 9.90 Å². The molecule has 0 heterocycles. The third kappa shape index (κ3) is 1.63. The van der Waals surface area contributed by atoms with Crippen LogP contribution in [0, 0.1) is 34.0 Å². The van der Waals surface area contributed by atoms with E-state index in [0.29, 0.717) is 17.6 Å². The molecule has 4 rings (SSSR count). The average Bonchev–Trinajstić information content (AvgIpc) is 2.72. The first-order valence-electron chi connectivity index (χ1n) is 9.15. The van der Waals surface area contributed by atoms with Crippen molar-refractivity contribution in [3.05, 3.63) is 11.6 Å². The number of hydrogen-bond donors (Lipinski definition) is 1. The van der Waals surface area contributed by atoms with Crippen LogP contribution >= 0.6 is 0 Å². The first-order valence-corrected chi connectivity index (χ1v) is 9.15. The SMILES string of the molecule is C[C@@H]1C[C@]23CC[C@H]4C(C)(C)CC[C@@H](O)[C@]4(C)C2=CC(=O)[C@H]1C3. The van der Waals surface area contributed by atoms with Gasteiger partial charge in [-0.25, -0.2) is 0 Å². The Morgan fingerprint density at radius 2 is 1.86 bits per heavy atom. The molecule has 1 N–H and O–H groups in total. The molecule has 0 aromatic heterocycles. The Morgan fingerprint density at radius 1 is 1.14 bits per heavy atom. The summed E-state index contributed by atoms with van der Waals surface area (Å²) in [6.07, 6.45) is 8.33. The number of allylic oxidation sites excluding steroid dienone is 1. The number of hydrogen-bond acceptors (Lipinski definition) is 2. The fourth-order valence-electron chi connectivity index (χ4n) is 7.04. The molecule has 6 atom stereocenters. The van der Waals surface area contributed by atoms with Gasteiger partial charge in [-0.15, -0.1) is 0 Å². The predicted molar refractivity (Wildman–Crippen MR) is 87.3 cm³/mol. The normalized spacial score (nSPS) is 52.8. The Morgan fingerprint density at radius 3 is 2.59 bits per heavy atom. The van der Waals surface area contributed by atoms with Crippen molar-refractivity contribution in [2.75, 3.05) is 0 Å². The lowest BCUT2D eigenvalue weighted by atomic mass is 9.43. The second-order valence-electron chi connectivity index (χ2n) is 9.65. The maximum atomic E-state index is 12.6. The van der Waals surface area contributed by atoms with Crippen molar-refractivity contribution >= 4 is 5.78 Å². The van der Waals surface area contributed by atoms with E-state index >= 15 is 0 Å². The van der Waals surface area contributed by atoms with Crippen LogP contribution in [0.25, 0.3) is 0 Å². The molecule has 3 fully saturated rings. The van der Waals surface area contributed by atoms with Gasteiger partial charge in [0, 0.05) is 11.3 Å². The van der Waals surface area contributed by atoms with Crippen LogP contribution in [-0.2, 0) is 4.79 Å². The van der Waals surface area contributed by atoms with Crippen LogP contribution in [0.15, 0.2) is 11.6 Å². The molecule has 0 aromatic rings. The fraction of sp³-hybridized carbons (Fsp3) is 0.850. The third-order valence-corrected chi connectivity index (χ3v) is 8.15. The molecule has 2 bridgehead atoms. The second kappa shape index (κ2) is 4.26. The van der Waals surface area contributed by atoms with Crippen molar-refractivity contribution in [2.45, 2.75) is 72.3 Å². The molecule has 1 spiro atoms. The Balaban J connectivity index is 1.86. The summed E-state index contributed by atoms with van der Waals surface area (Å²) in [4.78, 5) is 12.6. The Hall–Kier alpha value is -0.630. The molecule has 0 aliphatic heterocycles. The zero-order valence-corrected chi connectivity index (χ0v) is 14.5. The van der Waals surface area contributed by atoms with E-state index in [1.54, 1.807) is 0 Å². The summed E-state index contributed by atoms with van der Waals surface area (Å²) in [6.45, 7) is 9.26. The van der Waals surface area contributed by atoms with Gasteiger partial charge >= 0.3 is 0 Å². The van der Waals surface area contributed by atoms with E-state index in [1.165, 1.54) is 18.4 Å². The Labute approximate surface area is 134 Å². The lowest BCUT2D eigenvalue weighted by molar-refractivity contribution is -0.125. The number of rotatable bonds is 0. The van der Waals surface area contributed by atoms with Crippen molar-refractivity contribution in [3.8, 4) is 0 Å². The van der Waals surface area contributed by atoms with Gasteiger partial charge in [0.15, 0.2) is 5.78 Å². The molecular weight excluding hydrogens is 272 g/mol. The van der Waals surface area contributed by atoms with Gasteiger partial charge in [-0.1, -0.05) is 33.3 Å². The first-order chi connectivity index (χ1) is 10.2. The van der Waals surface area contributed by atoms with Crippen LogP contribution in [0.4, 0.5) is 0 Å². The summed E-state index contributed by atoms with van der Waals surface area (Å²) in [5.41, 5.74) is 1.63. The molecular formula is C20H30O2. The van der Waals surface area contributed by atoms with Crippen molar-refractivity contribution in [1.82, 2.24) is 0 Å². The summed E-state index contributed by atoms with van der Waals surface area (Å²) < 4.78 is 0. The molecule has 2 heteroatoms. The summed E-state index contributed by atoms with van der Waals surface area (Å²) in [5.74, 6) is 1.60. The fourth-order valence-corrected chi connectivity index (χ4v) is 7.04. The minimum Gasteiger partial charge on any atom is -0.392 e. The van der Waals surface area contributed by atoms with Gasteiger partial charge in [0.05, 0.1) is 6.10 Å². The maximum Gasteiger partial charge on any atom is 0.159 e. The number of ketones is 1. The number of aliphatic hydroxyl groups excluding tert-OH is 1. The van der Waals surface area contributed by atoms with E-state index in [9.17, 15) is 9.90 Å². The highest BCUT2D eigenvalue weighted by Crippen LogP contribution is 2.70. The van der Waals surface area contributed by atoms with Crippen molar-refractivity contribution in [2.24, 2.45) is 34.0 Å². The van der Waals surface area contributed by atoms with Gasteiger partial charge in [-0.2, -0.15) is 0 Å². The molecule has 4 aliphatic rings. The molecule has 0 aromatic carbocycles. The van der Waals surface area contributed by atoms with E-state index in [1.807, 2.05) is 6.08 Å². The van der Waals surface area contributed by atoms with Gasteiger partial charge in [0.2, 0.25) is 0 Å². The lowest BCUT2D eigenvalue weighted by Crippen LogP contribution is -2.57. The van der Waals surface area contributed by atoms with E-state index in [-0.39, 0.29) is 28.3 Å². The van der Waals surface area contributed by atoms with Crippen molar-refractivity contribution in [1.29, 1.82) is 0 Å². The third-order valence-electron chi connectivity index (χ3n) is 8.15. The molecule has 0 radical (unpaired) electrons. The highest BCUT2D eigenvalue weighted by atomic mass is 16.3. The van der Waals surface area contributed by atoms with E-state index < -0.39 is 0 Å². The van der Waals surface area contributed by atoms with E-state index in [2.05, 4.69) is 27.7 Å². The Bertz CT molecular complexity index is 560. The van der Waals surface area contributed by atoms with Gasteiger partial charge in [-0.3, -0.25) is 4.79 Å². The van der Waals surface area contributed by atoms with Crippen LogP contribution in [0.5, 0.6) is 0 Å². The standard InChI is InChI=1S/C20H30O2/c1-12-10-20-8-5-15-18(2,3)7-6-17(22)19(15,4)16(20)9-14(21)13(12)11-20/h9,12-13,15,17,22H,5-8,10-11H2,1-4H3/t12-,13+,15+,17-,19+,20+/m1/s1. The molecule has 22 heavy (non-hydrogen) atoms. The average molecular weight is 302 g/mol. The highest BCUT2D eigenvalue weighted by molar-refractivity contribution is 5.95. The summed E-state index contributed by atoms with van der Waals surface area (Å²) in [5, 5.41) is 11.0. The molecule has 0 amide bonds. The minimum absolute atomic E-state index is 0.190. The lowest BCUT2D eigenvalue weighted by Gasteiger charge is -2.62. The summed E-state index contributed by atoms with van der Waals surface area (Å²) >= 11 is 0. The van der Waals surface area contributed by atoms with Crippen LogP contribution in [0.3, 0.4) is 0 Å². The quantitative estimate of drug-likeness (QED) is 0.730. The van der Waals surface area contributed by atoms with Gasteiger partial charge in [0.1, 0.15) is 0 Å². The number of carbonyl (C=O) groups is 1. The van der Waals surface area contributed by atoms with E-state index in [4.69, 9.17) is 0 Å². The zero-order valence-electron chi connectivity index (χ0n) is 14.5. The molecule has 0 saturated heterocycles. The number of fused-ring (bicyclic) bond motifs is 3. The van der Waals surface area contributed by atoms with Crippen LogP contribution in [0.2, 0.25) is 0 Å². The van der Waals surface area contributed by atoms with Crippen LogP contribution < -0.4 is 0 Å². The topological polar surface area (TPSA) is 37.3 Å². The second-order valence-corrected chi connectivity index (χ2v) is 9.65. The number of carbonyl (C=O) groups excluding carboxylic acids is 1. The molecule has 2 nitrogen and oxygen atoms in total. The number of aliphatic hydroxyl groups is 1. The smallest absolute Gasteiger partial charge is 0.159 e. The highest BCUT2D eigenvalue weighted by Gasteiger charge is 2.64. The summed E-state index contributed by atoms with van der Waals surface area (Å²) in [6, 6.07) is 0. The predicted octanol–water partition coefficient (Wildman–Crippen LogP) is 4.13. The first kappa shape index (κ1) is 14.9. The molecule has 3 saturated carbocycles. The van der Waals surface area contributed by atoms with E-state index in [0.717, 1.165) is 25.7 Å².